The summed E-state index contributed by atoms with van der Waals surface area (Å²) in [5.41, 5.74) is 5.52. The predicted octanol–water partition coefficient (Wildman–Crippen LogP) is 4.51. The first-order valence-corrected chi connectivity index (χ1v) is 18.2. The highest BCUT2D eigenvalue weighted by molar-refractivity contribution is 6.25. The molecule has 0 spiro atoms. The summed E-state index contributed by atoms with van der Waals surface area (Å²) in [6, 6.07) is 9.71. The van der Waals surface area contributed by atoms with Gasteiger partial charge in [0.1, 0.15) is 24.3 Å². The number of anilines is 3. The lowest BCUT2D eigenvalue weighted by Gasteiger charge is -2.27. The van der Waals surface area contributed by atoms with Crippen LogP contribution in [0.15, 0.2) is 48.5 Å². The number of ether oxygens (including phenoxy) is 2. The Bertz CT molecular complexity index is 2330. The van der Waals surface area contributed by atoms with Crippen molar-refractivity contribution in [2.75, 3.05) is 43.2 Å². The second kappa shape index (κ2) is 14.9. The van der Waals surface area contributed by atoms with Crippen LogP contribution in [0.2, 0.25) is 0 Å². The number of fused-ring (bicyclic) bond motifs is 2. The molecule has 0 bridgehead atoms. The number of halogens is 3. The Morgan fingerprint density at radius 2 is 1.82 bits per heavy atom. The molecular weight excluding hydrogens is 749 g/mol. The van der Waals surface area contributed by atoms with Crippen molar-refractivity contribution >= 4 is 57.6 Å². The van der Waals surface area contributed by atoms with Crippen molar-refractivity contribution in [3.05, 3.63) is 76.6 Å². The monoisotopic (exact) mass is 788 g/mol. The van der Waals surface area contributed by atoms with Crippen LogP contribution < -0.4 is 36.5 Å². The number of nitrogens with zero attached hydrogens (tertiary/aromatic N) is 3. The Hall–Kier alpha value is -6.46. The molecule has 2 aliphatic heterocycles. The first-order chi connectivity index (χ1) is 27.1. The fourth-order valence-electron chi connectivity index (χ4n) is 7.04. The van der Waals surface area contributed by atoms with E-state index in [1.165, 1.54) is 19.2 Å². The number of amides is 5. The minimum Gasteiger partial charge on any atom is -0.493 e. The molecule has 57 heavy (non-hydrogen) atoms. The van der Waals surface area contributed by atoms with Gasteiger partial charge >= 0.3 is 6.18 Å². The van der Waals surface area contributed by atoms with Gasteiger partial charge in [-0.3, -0.25) is 34.2 Å². The highest BCUT2D eigenvalue weighted by Gasteiger charge is 2.51. The molecule has 4 aromatic rings. The summed E-state index contributed by atoms with van der Waals surface area (Å²) in [6.45, 7) is 3.77. The summed E-state index contributed by atoms with van der Waals surface area (Å²) in [4.78, 5) is 73.9. The van der Waals surface area contributed by atoms with Crippen LogP contribution in [0.4, 0.5) is 30.4 Å². The van der Waals surface area contributed by atoms with E-state index in [1.807, 2.05) is 0 Å². The molecule has 3 aliphatic rings. The van der Waals surface area contributed by atoms with Crippen molar-refractivity contribution in [1.29, 1.82) is 0 Å². The average molecular weight is 789 g/mol. The molecule has 7 rings (SSSR count). The van der Waals surface area contributed by atoms with E-state index in [-0.39, 0.29) is 55.3 Å². The Morgan fingerprint density at radius 3 is 2.53 bits per heavy atom. The third-order valence-corrected chi connectivity index (χ3v) is 10.3. The Morgan fingerprint density at radius 1 is 1.05 bits per heavy atom. The standard InChI is InChI=1S/C39H39F3N8O7/c1-19(21-13-22(39(40,41)42)15-23(43)14-21)46-33-25-16-30(29(56-3)17-27(25)47-20(2)48-33)57-18-38(9-10-38)37(55)45-12-11-44-26-6-4-5-24-32(26)36(54)50(35(24)53)28-7-8-31(51)49-34(28)52/h4-6,13-17,19,28,44H,7-12,18,43H2,1-3H3,(H,45,55)(H,46,47,48)(H,49,51,52)/t19-,28?/m1/s1. The average Bonchev–Trinajstić information content (AvgIpc) is 3.91. The predicted molar refractivity (Wildman–Crippen MR) is 200 cm³/mol. The first-order valence-electron chi connectivity index (χ1n) is 18.2. The van der Waals surface area contributed by atoms with Crippen molar-refractivity contribution < 1.29 is 46.6 Å². The number of piperidine rings is 1. The van der Waals surface area contributed by atoms with E-state index in [0.29, 0.717) is 58.1 Å². The highest BCUT2D eigenvalue weighted by atomic mass is 19.4. The first kappa shape index (κ1) is 38.8. The fraction of sp³-hybridized carbons (Fsp3) is 0.359. The van der Waals surface area contributed by atoms with Crippen molar-refractivity contribution in [1.82, 2.24) is 25.5 Å². The smallest absolute Gasteiger partial charge is 0.416 e. The van der Waals surface area contributed by atoms with E-state index in [2.05, 4.69) is 31.2 Å². The molecule has 5 amide bonds. The lowest BCUT2D eigenvalue weighted by Crippen LogP contribution is -2.54. The van der Waals surface area contributed by atoms with Crippen molar-refractivity contribution in [2.24, 2.45) is 5.41 Å². The number of benzene rings is 3. The van der Waals surface area contributed by atoms with Gasteiger partial charge in [-0.05, 0) is 75.1 Å². The van der Waals surface area contributed by atoms with Crippen LogP contribution in [-0.2, 0) is 20.6 Å². The SMILES string of the molecule is COc1cc2nc(C)nc(N[C@H](C)c3cc(N)cc(C(F)(F)F)c3)c2cc1OCC1(C(=O)NCCNc2cccc3c2C(=O)N(C2CCC(=O)NC2=O)C3=O)CC1. The minimum atomic E-state index is -4.57. The van der Waals surface area contributed by atoms with Crippen molar-refractivity contribution in [3.8, 4) is 11.5 Å². The number of hydrogen-bond acceptors (Lipinski definition) is 12. The van der Waals surface area contributed by atoms with Crippen LogP contribution in [0.3, 0.4) is 0 Å². The molecule has 6 N–H and O–H groups in total. The number of aromatic nitrogens is 2. The maximum atomic E-state index is 13.5. The highest BCUT2D eigenvalue weighted by Crippen LogP contribution is 2.47. The van der Waals surface area contributed by atoms with Crippen LogP contribution >= 0.6 is 0 Å². The number of nitrogens with two attached hydrogens (primary N) is 1. The number of methoxy groups -OCH3 is 1. The minimum absolute atomic E-state index is 0.00896. The van der Waals surface area contributed by atoms with E-state index < -0.39 is 52.9 Å². The molecule has 2 atom stereocenters. The molecule has 1 aliphatic carbocycles. The number of hydrogen-bond donors (Lipinski definition) is 5. The molecular formula is C39H39F3N8O7. The Balaban J connectivity index is 0.996. The third-order valence-electron chi connectivity index (χ3n) is 10.3. The normalized spacial score (nSPS) is 17.9. The van der Waals surface area contributed by atoms with Crippen LogP contribution in [0.5, 0.6) is 11.5 Å². The van der Waals surface area contributed by atoms with Gasteiger partial charge in [-0.15, -0.1) is 0 Å². The fourth-order valence-corrected chi connectivity index (χ4v) is 7.04. The van der Waals surface area contributed by atoms with Crippen LogP contribution in [0.25, 0.3) is 10.9 Å². The molecule has 1 unspecified atom stereocenters. The molecule has 3 heterocycles. The van der Waals surface area contributed by atoms with Gasteiger partial charge in [-0.25, -0.2) is 9.97 Å². The molecule has 2 fully saturated rings. The quantitative estimate of drug-likeness (QED) is 0.0721. The Kier molecular flexibility index (Phi) is 10.1. The van der Waals surface area contributed by atoms with Gasteiger partial charge in [0.25, 0.3) is 11.8 Å². The Labute approximate surface area is 323 Å². The topological polar surface area (TPSA) is 207 Å². The molecule has 1 saturated carbocycles. The summed E-state index contributed by atoms with van der Waals surface area (Å²) in [7, 11) is 1.46. The van der Waals surface area contributed by atoms with Crippen molar-refractivity contribution in [2.45, 2.75) is 57.8 Å². The molecule has 18 heteroatoms. The lowest BCUT2D eigenvalue weighted by molar-refractivity contribution is -0.138. The number of carbonyl (C=O) groups is 5. The third kappa shape index (κ3) is 7.71. The van der Waals surface area contributed by atoms with E-state index in [0.717, 1.165) is 17.0 Å². The largest absolute Gasteiger partial charge is 0.493 e. The number of nitrogens with one attached hydrogen (secondary N) is 4. The second-order valence-corrected chi connectivity index (χ2v) is 14.3. The van der Waals surface area contributed by atoms with E-state index >= 15 is 0 Å². The summed E-state index contributed by atoms with van der Waals surface area (Å²) >= 11 is 0. The number of alkyl halides is 3. The van der Waals surface area contributed by atoms with Crippen LogP contribution in [-0.4, -0.2) is 77.3 Å². The molecule has 1 aromatic heterocycles. The molecule has 15 nitrogen and oxygen atoms in total. The number of carbonyl (C=O) groups excluding carboxylic acids is 5. The summed E-state index contributed by atoms with van der Waals surface area (Å²) in [5.74, 6) is -1.26. The van der Waals surface area contributed by atoms with Crippen LogP contribution in [0.1, 0.15) is 76.3 Å². The van der Waals surface area contributed by atoms with Gasteiger partial charge in [-0.1, -0.05) is 6.07 Å². The number of imide groups is 2. The zero-order valence-corrected chi connectivity index (χ0v) is 31.1. The molecule has 3 aromatic carbocycles. The molecule has 1 saturated heterocycles. The molecule has 0 radical (unpaired) electrons. The molecule has 298 valence electrons. The number of aryl methyl sites for hydroxylation is 1. The second-order valence-electron chi connectivity index (χ2n) is 14.3. The van der Waals surface area contributed by atoms with E-state index in [4.69, 9.17) is 15.2 Å². The zero-order chi connectivity index (χ0) is 40.8. The number of rotatable bonds is 13. The number of nitrogen functional groups attached to an aromatic ring is 1. The van der Waals surface area contributed by atoms with E-state index in [9.17, 15) is 37.1 Å². The van der Waals surface area contributed by atoms with Gasteiger partial charge < -0.3 is 31.2 Å². The zero-order valence-electron chi connectivity index (χ0n) is 31.1. The van der Waals surface area contributed by atoms with Gasteiger partial charge in [0.2, 0.25) is 17.7 Å². The summed E-state index contributed by atoms with van der Waals surface area (Å²) in [6.07, 6.45) is -3.40. The summed E-state index contributed by atoms with van der Waals surface area (Å²) in [5, 5.41) is 11.9. The van der Waals surface area contributed by atoms with Gasteiger partial charge in [0.05, 0.1) is 40.8 Å². The van der Waals surface area contributed by atoms with Gasteiger partial charge in [-0.2, -0.15) is 13.2 Å². The maximum Gasteiger partial charge on any atom is 0.416 e. The maximum absolute atomic E-state index is 13.5. The van der Waals surface area contributed by atoms with E-state index in [1.54, 1.807) is 38.1 Å². The summed E-state index contributed by atoms with van der Waals surface area (Å²) < 4.78 is 52.4. The van der Waals surface area contributed by atoms with Crippen molar-refractivity contribution in [3.63, 3.8) is 0 Å². The lowest BCUT2D eigenvalue weighted by atomic mass is 10.0. The van der Waals surface area contributed by atoms with Gasteiger partial charge in [0.15, 0.2) is 11.5 Å². The van der Waals surface area contributed by atoms with Gasteiger partial charge in [0, 0.05) is 42.3 Å². The van der Waals surface area contributed by atoms with Crippen LogP contribution in [0, 0.1) is 12.3 Å².